The smallest absolute Gasteiger partial charge is 0.137 e. The highest BCUT2D eigenvalue weighted by atomic mass is 14.9. The highest BCUT2D eigenvalue weighted by molar-refractivity contribution is 5.68. The summed E-state index contributed by atoms with van der Waals surface area (Å²) < 4.78 is 0. The molecule has 1 fully saturated rings. The van der Waals surface area contributed by atoms with E-state index in [-0.39, 0.29) is 0 Å². The zero-order valence-electron chi connectivity index (χ0n) is 15.0. The Morgan fingerprint density at radius 2 is 1.77 bits per heavy atom. The van der Waals surface area contributed by atoms with E-state index in [0.29, 0.717) is 6.04 Å². The molecule has 4 rings (SSSR count). The number of H-pyrrole nitrogens is 1. The lowest BCUT2D eigenvalue weighted by atomic mass is 9.92. The van der Waals surface area contributed by atoms with Gasteiger partial charge in [-0.1, -0.05) is 54.6 Å². The summed E-state index contributed by atoms with van der Waals surface area (Å²) >= 11 is 0. The quantitative estimate of drug-likeness (QED) is 0.615. The van der Waals surface area contributed by atoms with Gasteiger partial charge in [0, 0.05) is 30.5 Å². The van der Waals surface area contributed by atoms with E-state index in [2.05, 4.69) is 70.4 Å². The van der Waals surface area contributed by atoms with Crippen LogP contribution in [-0.4, -0.2) is 16.0 Å². The molecule has 0 bridgehead atoms. The summed E-state index contributed by atoms with van der Waals surface area (Å²) in [4.78, 5) is 7.45. The summed E-state index contributed by atoms with van der Waals surface area (Å²) in [5, 5.41) is 3.71. The van der Waals surface area contributed by atoms with Crippen molar-refractivity contribution in [1.29, 1.82) is 0 Å². The van der Waals surface area contributed by atoms with Crippen LogP contribution in [0.5, 0.6) is 0 Å². The minimum Gasteiger partial charge on any atom is -0.345 e. The van der Waals surface area contributed by atoms with Gasteiger partial charge in [0.05, 0.1) is 0 Å². The molecule has 1 saturated carbocycles. The van der Waals surface area contributed by atoms with Gasteiger partial charge in [-0.05, 0) is 48.4 Å². The van der Waals surface area contributed by atoms with Gasteiger partial charge in [-0.25, -0.2) is 4.98 Å². The molecule has 0 unspecified atom stereocenters. The highest BCUT2D eigenvalue weighted by Crippen LogP contribution is 2.25. The zero-order chi connectivity index (χ0) is 17.8. The van der Waals surface area contributed by atoms with Crippen molar-refractivity contribution in [2.45, 2.75) is 38.3 Å². The molecule has 26 heavy (non-hydrogen) atoms. The molecular weight excluding hydrogens is 318 g/mol. The Kier molecular flexibility index (Phi) is 4.98. The maximum atomic E-state index is 4.31. The van der Waals surface area contributed by atoms with E-state index in [1.165, 1.54) is 47.9 Å². The average Bonchev–Trinajstić information content (AvgIpc) is 3.23. The van der Waals surface area contributed by atoms with Crippen LogP contribution in [0, 0.1) is 0 Å². The van der Waals surface area contributed by atoms with Gasteiger partial charge in [0.1, 0.15) is 5.82 Å². The van der Waals surface area contributed by atoms with E-state index in [4.69, 9.17) is 0 Å². The number of aromatic nitrogens is 2. The number of imidazole rings is 1. The van der Waals surface area contributed by atoms with Gasteiger partial charge in [-0.3, -0.25) is 0 Å². The molecule has 0 aliphatic heterocycles. The molecule has 0 saturated heterocycles. The third-order valence-electron chi connectivity index (χ3n) is 5.20. The molecule has 1 aromatic heterocycles. The Morgan fingerprint density at radius 1 is 1.00 bits per heavy atom. The summed E-state index contributed by atoms with van der Waals surface area (Å²) in [6, 6.07) is 18.0. The zero-order valence-corrected chi connectivity index (χ0v) is 15.0. The molecule has 0 atom stereocenters. The summed E-state index contributed by atoms with van der Waals surface area (Å²) in [7, 11) is 0. The Hall–Kier alpha value is -2.65. The second-order valence-corrected chi connectivity index (χ2v) is 7.12. The molecule has 1 aliphatic rings. The Labute approximate surface area is 155 Å². The minimum atomic E-state index is 0.622. The normalized spacial score (nSPS) is 15.3. The standard InChI is InChI=1S/C23H25N3/c1-17-5-11-22(12-6-17)26-16-18-3-2-4-21(15-18)19-7-9-20(10-8-19)23-24-13-14-25-23/h2-4,7-10,13-15,22,26H,1,5-6,11-12,16H2,(H,24,25). The fraction of sp³-hybridized carbons (Fsp3) is 0.261. The summed E-state index contributed by atoms with van der Waals surface area (Å²) in [6.45, 7) is 5.03. The number of rotatable bonds is 5. The number of benzene rings is 2. The fourth-order valence-electron chi connectivity index (χ4n) is 3.60. The van der Waals surface area contributed by atoms with E-state index in [9.17, 15) is 0 Å². The number of nitrogens with one attached hydrogen (secondary N) is 2. The number of nitrogens with zero attached hydrogens (tertiary/aromatic N) is 1. The van der Waals surface area contributed by atoms with Gasteiger partial charge in [-0.15, -0.1) is 0 Å². The first-order chi connectivity index (χ1) is 12.8. The number of aromatic amines is 1. The van der Waals surface area contributed by atoms with Crippen molar-refractivity contribution in [2.24, 2.45) is 0 Å². The molecule has 2 aromatic carbocycles. The van der Waals surface area contributed by atoms with Gasteiger partial charge in [0.25, 0.3) is 0 Å². The topological polar surface area (TPSA) is 40.7 Å². The van der Waals surface area contributed by atoms with Gasteiger partial charge in [0.15, 0.2) is 0 Å². The van der Waals surface area contributed by atoms with Gasteiger partial charge < -0.3 is 10.3 Å². The molecular formula is C23H25N3. The van der Waals surface area contributed by atoms with Crippen LogP contribution in [0.3, 0.4) is 0 Å². The van der Waals surface area contributed by atoms with Crippen molar-refractivity contribution in [3.05, 3.63) is 78.6 Å². The highest BCUT2D eigenvalue weighted by Gasteiger charge is 2.14. The van der Waals surface area contributed by atoms with E-state index in [0.717, 1.165) is 17.9 Å². The lowest BCUT2D eigenvalue weighted by Crippen LogP contribution is -2.30. The maximum Gasteiger partial charge on any atom is 0.137 e. The van der Waals surface area contributed by atoms with Crippen molar-refractivity contribution in [1.82, 2.24) is 15.3 Å². The lowest BCUT2D eigenvalue weighted by molar-refractivity contribution is 0.418. The second-order valence-electron chi connectivity index (χ2n) is 7.12. The molecule has 3 nitrogen and oxygen atoms in total. The van der Waals surface area contributed by atoms with Gasteiger partial charge in [-0.2, -0.15) is 0 Å². The SMILES string of the molecule is C=C1CCC(NCc2cccc(-c3ccc(-c4ncc[nH]4)cc3)c2)CC1. The van der Waals surface area contributed by atoms with E-state index >= 15 is 0 Å². The van der Waals surface area contributed by atoms with Crippen LogP contribution in [-0.2, 0) is 6.54 Å². The second kappa shape index (κ2) is 7.71. The molecule has 3 aromatic rings. The van der Waals surface area contributed by atoms with Crippen LogP contribution < -0.4 is 5.32 Å². The first-order valence-electron chi connectivity index (χ1n) is 9.37. The van der Waals surface area contributed by atoms with E-state index < -0.39 is 0 Å². The maximum absolute atomic E-state index is 4.31. The first kappa shape index (κ1) is 16.8. The third-order valence-corrected chi connectivity index (χ3v) is 5.20. The fourth-order valence-corrected chi connectivity index (χ4v) is 3.60. The van der Waals surface area contributed by atoms with Crippen LogP contribution in [0.2, 0.25) is 0 Å². The third kappa shape index (κ3) is 3.94. The molecule has 0 radical (unpaired) electrons. The Morgan fingerprint density at radius 3 is 2.50 bits per heavy atom. The van der Waals surface area contributed by atoms with Gasteiger partial charge in [0.2, 0.25) is 0 Å². The van der Waals surface area contributed by atoms with Crippen LogP contribution in [0.4, 0.5) is 0 Å². The van der Waals surface area contributed by atoms with Crippen molar-refractivity contribution in [3.63, 3.8) is 0 Å². The molecule has 3 heteroatoms. The molecule has 2 N–H and O–H groups in total. The van der Waals surface area contributed by atoms with Crippen LogP contribution >= 0.6 is 0 Å². The Bertz CT molecular complexity index is 853. The molecule has 132 valence electrons. The van der Waals surface area contributed by atoms with Crippen LogP contribution in [0.15, 0.2) is 73.1 Å². The van der Waals surface area contributed by atoms with Crippen molar-refractivity contribution < 1.29 is 0 Å². The van der Waals surface area contributed by atoms with E-state index in [1.54, 1.807) is 6.20 Å². The lowest BCUT2D eigenvalue weighted by Gasteiger charge is -2.24. The summed E-state index contributed by atoms with van der Waals surface area (Å²) in [5.74, 6) is 0.907. The Balaban J connectivity index is 1.43. The van der Waals surface area contributed by atoms with Crippen LogP contribution in [0.25, 0.3) is 22.5 Å². The van der Waals surface area contributed by atoms with Crippen molar-refractivity contribution >= 4 is 0 Å². The molecule has 1 heterocycles. The van der Waals surface area contributed by atoms with E-state index in [1.807, 2.05) is 6.20 Å². The number of allylic oxidation sites excluding steroid dienone is 1. The average molecular weight is 343 g/mol. The largest absolute Gasteiger partial charge is 0.345 e. The predicted octanol–water partition coefficient (Wildman–Crippen LogP) is 5.33. The van der Waals surface area contributed by atoms with Crippen molar-refractivity contribution in [2.75, 3.05) is 0 Å². The number of hydrogen-bond donors (Lipinski definition) is 2. The summed E-state index contributed by atoms with van der Waals surface area (Å²) in [5.41, 5.74) is 6.34. The number of hydrogen-bond acceptors (Lipinski definition) is 2. The predicted molar refractivity (Wildman–Crippen MR) is 108 cm³/mol. The van der Waals surface area contributed by atoms with Crippen LogP contribution in [0.1, 0.15) is 31.2 Å². The van der Waals surface area contributed by atoms with Gasteiger partial charge >= 0.3 is 0 Å². The minimum absolute atomic E-state index is 0.622. The first-order valence-corrected chi connectivity index (χ1v) is 9.37. The van der Waals surface area contributed by atoms with Crippen molar-refractivity contribution in [3.8, 4) is 22.5 Å². The molecule has 1 aliphatic carbocycles. The molecule has 0 amide bonds. The molecule has 0 spiro atoms. The summed E-state index contributed by atoms with van der Waals surface area (Å²) in [6.07, 6.45) is 8.39. The monoisotopic (exact) mass is 343 g/mol.